The van der Waals surface area contributed by atoms with E-state index in [0.717, 1.165) is 65.8 Å². The summed E-state index contributed by atoms with van der Waals surface area (Å²) in [5, 5.41) is 26.1. The van der Waals surface area contributed by atoms with Crippen molar-refractivity contribution in [3.63, 3.8) is 0 Å². The molecule has 0 radical (unpaired) electrons. The van der Waals surface area contributed by atoms with E-state index in [2.05, 4.69) is 155 Å². The lowest BCUT2D eigenvalue weighted by molar-refractivity contribution is -0.133. The predicted molar refractivity (Wildman–Crippen MR) is 506 cm³/mol. The number of hydrogen-bond acceptors (Lipinski definition) is 13. The average Bonchev–Trinajstić information content (AvgIpc) is 1.82. The predicted octanol–water partition coefficient (Wildman–Crippen LogP) is 15.6. The minimum Gasteiger partial charge on any atom is -0.351 e. The zero-order valence-electron chi connectivity index (χ0n) is 71.7. The molecule has 7 amide bonds. The average molecular weight is 1770 g/mol. The highest BCUT2D eigenvalue weighted by Crippen LogP contribution is 2.34. The van der Waals surface area contributed by atoms with E-state index in [0.29, 0.717) is 114 Å². The molecule has 14 rings (SSSR count). The number of benzene rings is 9. The fraction of sp³-hybridized carbons (Fsp3) is 0.359. The SMILES string of the molecule is CC1=NN(c2ccc(C(=O)NC[C@@H]3CCN(CC(c4ccccc4)c4ccccc4)C(=O)[C@H](CCCN)N3)cc2)C(=O)C1.NCCC[C@@H]1N[C@H](CNC(=O)/C=C/c2ccc(Br)cc2)CCN(CC(c2ccccc2)c2ccccc2)C1=O.O=C(/C=C/c1ccc(Cl)cc1)NC[C@@H]1CCN(CC(c2ccccc2)c2ccccc2)C(=O)[C@H](CCCC2CCCC2)N1. The molecule has 4 fully saturated rings. The summed E-state index contributed by atoms with van der Waals surface area (Å²) in [6.45, 7) is 7.84. The van der Waals surface area contributed by atoms with E-state index in [1.54, 1.807) is 48.6 Å². The van der Waals surface area contributed by atoms with Crippen LogP contribution in [-0.2, 0) is 28.8 Å². The number of nitrogens with one attached hydrogen (secondary N) is 6. The third-order valence-electron chi connectivity index (χ3n) is 24.2. The Hall–Kier alpha value is -11.0. The third-order valence-corrected chi connectivity index (χ3v) is 25.0. The number of anilines is 1. The Morgan fingerprint density at radius 3 is 1.14 bits per heavy atom. The molecule has 125 heavy (non-hydrogen) atoms. The molecule has 3 saturated heterocycles. The molecule has 20 nitrogen and oxygen atoms in total. The fourth-order valence-corrected chi connectivity index (χ4v) is 17.7. The Bertz CT molecular complexity index is 4840. The summed E-state index contributed by atoms with van der Waals surface area (Å²) < 4.78 is 0.996. The van der Waals surface area contributed by atoms with E-state index < -0.39 is 0 Å². The van der Waals surface area contributed by atoms with Crippen LogP contribution in [0.25, 0.3) is 12.2 Å². The number of amides is 7. The molecule has 1 aliphatic carbocycles. The number of halogens is 2. The summed E-state index contributed by atoms with van der Waals surface area (Å²) in [5.41, 5.74) is 22.5. The van der Waals surface area contributed by atoms with E-state index in [1.807, 2.05) is 150 Å². The van der Waals surface area contributed by atoms with Gasteiger partial charge in [0.2, 0.25) is 29.5 Å². The van der Waals surface area contributed by atoms with Crippen LogP contribution in [0.15, 0.2) is 277 Å². The van der Waals surface area contributed by atoms with Gasteiger partial charge in [0.05, 0.1) is 30.2 Å². The number of carbonyl (C=O) groups excluding carboxylic acids is 7. The number of nitrogens with two attached hydrogens (primary N) is 2. The van der Waals surface area contributed by atoms with Gasteiger partial charge in [0.15, 0.2) is 0 Å². The molecule has 0 unspecified atom stereocenters. The summed E-state index contributed by atoms with van der Waals surface area (Å²) in [6.07, 6.45) is 20.4. The van der Waals surface area contributed by atoms with Gasteiger partial charge < -0.3 is 58.1 Å². The molecule has 10 N–H and O–H groups in total. The van der Waals surface area contributed by atoms with E-state index in [1.165, 1.54) is 70.5 Å². The number of hydrogen-bond donors (Lipinski definition) is 8. The number of hydrazone groups is 1. The van der Waals surface area contributed by atoms with Gasteiger partial charge in [0.1, 0.15) is 0 Å². The molecule has 22 heteroatoms. The topological polar surface area (TPSA) is 269 Å². The van der Waals surface area contributed by atoms with Gasteiger partial charge in [-0.25, -0.2) is 5.01 Å². The molecule has 6 atom stereocenters. The van der Waals surface area contributed by atoms with Gasteiger partial charge in [-0.3, -0.25) is 33.6 Å². The van der Waals surface area contributed by atoms with E-state index in [4.69, 9.17) is 23.1 Å². The summed E-state index contributed by atoms with van der Waals surface area (Å²) in [7, 11) is 0. The molecule has 0 aromatic heterocycles. The van der Waals surface area contributed by atoms with Gasteiger partial charge in [0, 0.05) is 128 Å². The van der Waals surface area contributed by atoms with Crippen molar-refractivity contribution >= 4 is 92.4 Å². The Morgan fingerprint density at radius 1 is 0.448 bits per heavy atom. The maximum atomic E-state index is 14.1. The maximum Gasteiger partial charge on any atom is 0.253 e. The van der Waals surface area contributed by atoms with Crippen molar-refractivity contribution in [3.8, 4) is 0 Å². The summed E-state index contributed by atoms with van der Waals surface area (Å²) in [5.74, 6) is 0.792. The van der Waals surface area contributed by atoms with Crippen LogP contribution in [0.5, 0.6) is 0 Å². The largest absolute Gasteiger partial charge is 0.351 e. The van der Waals surface area contributed by atoms with Gasteiger partial charge in [-0.2, -0.15) is 5.10 Å². The monoisotopic (exact) mass is 1770 g/mol. The first-order valence-electron chi connectivity index (χ1n) is 44.5. The number of carbonyl (C=O) groups is 7. The van der Waals surface area contributed by atoms with Crippen LogP contribution in [0.4, 0.5) is 5.69 Å². The molecular formula is C103H121BrClN13O7. The van der Waals surface area contributed by atoms with E-state index in [-0.39, 0.29) is 95.4 Å². The second-order valence-electron chi connectivity index (χ2n) is 33.3. The number of nitrogens with zero attached hydrogens (tertiary/aromatic N) is 5. The Kier molecular flexibility index (Phi) is 36.5. The van der Waals surface area contributed by atoms with Crippen molar-refractivity contribution in [3.05, 3.63) is 327 Å². The Morgan fingerprint density at radius 2 is 0.792 bits per heavy atom. The lowest BCUT2D eigenvalue weighted by Gasteiger charge is -2.29. The summed E-state index contributed by atoms with van der Waals surface area (Å²) >= 11 is 9.39. The summed E-state index contributed by atoms with van der Waals surface area (Å²) in [6, 6.07) is 83.4. The van der Waals surface area contributed by atoms with E-state index in [9.17, 15) is 33.6 Å². The highest BCUT2D eigenvalue weighted by Gasteiger charge is 2.37. The molecule has 0 spiro atoms. The van der Waals surface area contributed by atoms with Crippen molar-refractivity contribution in [1.82, 2.24) is 46.6 Å². The molecule has 1 saturated carbocycles. The van der Waals surface area contributed by atoms with Crippen LogP contribution in [-0.4, -0.2) is 170 Å². The Balaban J connectivity index is 0.000000171. The highest BCUT2D eigenvalue weighted by molar-refractivity contribution is 9.10. The van der Waals surface area contributed by atoms with Crippen LogP contribution in [0, 0.1) is 5.92 Å². The van der Waals surface area contributed by atoms with E-state index >= 15 is 0 Å². The first kappa shape index (κ1) is 93.2. The molecule has 4 heterocycles. The van der Waals surface area contributed by atoms with Crippen molar-refractivity contribution in [2.24, 2.45) is 22.5 Å². The second kappa shape index (κ2) is 49.0. The second-order valence-corrected chi connectivity index (χ2v) is 34.6. The molecule has 9 aromatic carbocycles. The number of rotatable bonds is 34. The first-order chi connectivity index (χ1) is 61.0. The van der Waals surface area contributed by atoms with Crippen molar-refractivity contribution < 1.29 is 33.6 Å². The standard InChI is InChI=1S/C37H44ClN3O2.C34H40N6O3.C32H37BrN4O2/c38-32-21-18-29(19-22-32)20-23-36(42)39-26-33-24-25-41(37(43)35(40-33)17-9-12-28-10-7-8-11-28)27-34(30-13-3-1-4-14-30)31-15-5-2-6-16-31;1-24-21-32(41)40(38-24)29-16-14-27(15-17-29)33(42)36-22-28-18-20-39(34(43)31(37-28)13-8-19-35)23-30(25-9-4-2-5-10-25)26-11-6-3-7-12-26;33-27-16-13-24(14-17-27)15-18-31(38)35-22-28-19-21-37(32(39)30(36-28)12-7-20-34)23-29(25-8-3-1-4-9-25)26-10-5-2-6-11-26/h1-6,13-16,18-23,28,33-35,40H,7-12,17,24-27H2,(H,39,42);2-7,9-12,14-17,28,30-31,37H,8,13,18-23,35H2,1H3,(H,36,42);1-6,8-11,13-18,28-30,36H,7,12,19-23,34H2,(H,35,38)/b23-20+;;18-15+/t33-,35-;28-,31-;28-,30-/m000/s1. The van der Waals surface area contributed by atoms with Crippen molar-refractivity contribution in [2.45, 2.75) is 157 Å². The molecular weight excluding hydrogens is 1650 g/mol. The first-order valence-corrected chi connectivity index (χ1v) is 45.7. The van der Waals surface area contributed by atoms with Crippen LogP contribution < -0.4 is 48.4 Å². The molecule has 4 aliphatic heterocycles. The van der Waals surface area contributed by atoms with Crippen molar-refractivity contribution in [2.75, 3.05) is 77.0 Å². The van der Waals surface area contributed by atoms with Gasteiger partial charge in [-0.1, -0.05) is 272 Å². The molecule has 5 aliphatic rings. The third kappa shape index (κ3) is 28.8. The quantitative estimate of drug-likeness (QED) is 0.0175. The fourth-order valence-electron chi connectivity index (χ4n) is 17.3. The van der Waals surface area contributed by atoms with Crippen LogP contribution in [0.2, 0.25) is 5.02 Å². The molecule has 0 bridgehead atoms. The van der Waals surface area contributed by atoms with Crippen LogP contribution in [0.3, 0.4) is 0 Å². The Labute approximate surface area is 751 Å². The molecule has 9 aromatic rings. The maximum absolute atomic E-state index is 14.1. The molecule has 654 valence electrons. The normalized spacial score (nSPS) is 18.9. The van der Waals surface area contributed by atoms with Crippen LogP contribution in [0.1, 0.15) is 176 Å². The van der Waals surface area contributed by atoms with Gasteiger partial charge in [-0.15, -0.1) is 0 Å². The minimum atomic E-state index is -0.374. The summed E-state index contributed by atoms with van der Waals surface area (Å²) in [4.78, 5) is 98.1. The zero-order chi connectivity index (χ0) is 87.5. The van der Waals surface area contributed by atoms with Gasteiger partial charge in [-0.05, 0) is 182 Å². The lowest BCUT2D eigenvalue weighted by Crippen LogP contribution is -2.49. The van der Waals surface area contributed by atoms with Gasteiger partial charge in [0.25, 0.3) is 11.8 Å². The zero-order valence-corrected chi connectivity index (χ0v) is 74.1. The van der Waals surface area contributed by atoms with Gasteiger partial charge >= 0.3 is 0 Å². The lowest BCUT2D eigenvalue weighted by atomic mass is 9.90. The minimum absolute atomic E-state index is 0.0151. The van der Waals surface area contributed by atoms with Crippen molar-refractivity contribution in [1.29, 1.82) is 0 Å². The smallest absolute Gasteiger partial charge is 0.253 e. The van der Waals surface area contributed by atoms with Crippen LogP contribution >= 0.6 is 27.5 Å². The highest BCUT2D eigenvalue weighted by atomic mass is 79.9.